The molecular weight excluding hydrogens is 234 g/mol. The van der Waals surface area contributed by atoms with Crippen LogP contribution in [-0.2, 0) is 6.54 Å². The van der Waals surface area contributed by atoms with Crippen LogP contribution in [0.4, 0.5) is 0 Å². The van der Waals surface area contributed by atoms with Crippen molar-refractivity contribution in [3.63, 3.8) is 0 Å². The highest BCUT2D eigenvalue weighted by Gasteiger charge is 2.10. The number of para-hydroxylation sites is 1. The maximum atomic E-state index is 5.34. The summed E-state index contributed by atoms with van der Waals surface area (Å²) in [5, 5.41) is 9.35. The first kappa shape index (κ1) is 12.0. The van der Waals surface area contributed by atoms with Crippen molar-refractivity contribution >= 4 is 11.5 Å². The predicted octanol–water partition coefficient (Wildman–Crippen LogP) is 2.40. The molecule has 1 atom stereocenters. The van der Waals surface area contributed by atoms with Gasteiger partial charge in [0.15, 0.2) is 0 Å². The van der Waals surface area contributed by atoms with Gasteiger partial charge in [-0.15, -0.1) is 5.10 Å². The quantitative estimate of drug-likeness (QED) is 0.884. The van der Waals surface area contributed by atoms with Crippen molar-refractivity contribution in [2.45, 2.75) is 19.5 Å². The number of benzene rings is 1. The highest BCUT2D eigenvalue weighted by molar-refractivity contribution is 7.03. The van der Waals surface area contributed by atoms with Crippen molar-refractivity contribution in [1.29, 1.82) is 0 Å². The summed E-state index contributed by atoms with van der Waals surface area (Å²) in [5.74, 6) is 0.906. The van der Waals surface area contributed by atoms with Gasteiger partial charge >= 0.3 is 0 Å². The Labute approximate surface area is 105 Å². The number of nitrogens with zero attached hydrogens (tertiary/aromatic N) is 2. The standard InChI is InChI=1S/C12H15N3OS/c1-9(13-7-10-8-17-15-14-10)11-5-3-4-6-12(11)16-2/h3-6,8-9,13H,7H2,1-2H3/t9-/m1/s1. The Morgan fingerprint density at radius 1 is 1.41 bits per heavy atom. The second-order valence-electron chi connectivity index (χ2n) is 3.74. The zero-order chi connectivity index (χ0) is 12.1. The maximum absolute atomic E-state index is 5.34. The van der Waals surface area contributed by atoms with E-state index in [1.807, 2.05) is 23.6 Å². The van der Waals surface area contributed by atoms with Gasteiger partial charge in [0.05, 0.1) is 12.8 Å². The molecule has 0 bridgehead atoms. The Morgan fingerprint density at radius 3 is 2.94 bits per heavy atom. The van der Waals surface area contributed by atoms with Crippen molar-refractivity contribution in [1.82, 2.24) is 14.9 Å². The Morgan fingerprint density at radius 2 is 2.24 bits per heavy atom. The number of nitrogens with one attached hydrogen (secondary N) is 1. The molecule has 90 valence electrons. The summed E-state index contributed by atoms with van der Waals surface area (Å²) in [6.45, 7) is 2.83. The van der Waals surface area contributed by atoms with Crippen LogP contribution in [-0.4, -0.2) is 16.7 Å². The molecule has 0 saturated heterocycles. The van der Waals surface area contributed by atoms with Gasteiger partial charge in [-0.3, -0.25) is 0 Å². The smallest absolute Gasteiger partial charge is 0.123 e. The lowest BCUT2D eigenvalue weighted by molar-refractivity contribution is 0.401. The second kappa shape index (κ2) is 5.75. The van der Waals surface area contributed by atoms with E-state index in [4.69, 9.17) is 4.74 Å². The van der Waals surface area contributed by atoms with Gasteiger partial charge in [0.25, 0.3) is 0 Å². The zero-order valence-electron chi connectivity index (χ0n) is 9.88. The van der Waals surface area contributed by atoms with Crippen molar-refractivity contribution < 1.29 is 4.74 Å². The molecule has 1 aromatic carbocycles. The first-order chi connectivity index (χ1) is 8.31. The van der Waals surface area contributed by atoms with Crippen LogP contribution in [0.25, 0.3) is 0 Å². The number of hydrogen-bond donors (Lipinski definition) is 1. The third-order valence-corrected chi connectivity index (χ3v) is 3.15. The van der Waals surface area contributed by atoms with Gasteiger partial charge in [0.1, 0.15) is 5.75 Å². The molecule has 0 unspecified atom stereocenters. The normalized spacial score (nSPS) is 12.4. The maximum Gasteiger partial charge on any atom is 0.123 e. The Balaban J connectivity index is 2.01. The summed E-state index contributed by atoms with van der Waals surface area (Å²) in [6.07, 6.45) is 0. The lowest BCUT2D eigenvalue weighted by Gasteiger charge is -2.16. The van der Waals surface area contributed by atoms with Gasteiger partial charge < -0.3 is 10.1 Å². The first-order valence-corrected chi connectivity index (χ1v) is 6.27. The van der Waals surface area contributed by atoms with Gasteiger partial charge in [-0.2, -0.15) is 0 Å². The van der Waals surface area contributed by atoms with Crippen LogP contribution >= 0.6 is 11.5 Å². The van der Waals surface area contributed by atoms with Crippen LogP contribution in [0.2, 0.25) is 0 Å². The van der Waals surface area contributed by atoms with E-state index in [1.165, 1.54) is 11.5 Å². The molecule has 0 aliphatic carbocycles. The molecule has 0 spiro atoms. The number of methoxy groups -OCH3 is 1. The number of rotatable bonds is 5. The number of ether oxygens (including phenoxy) is 1. The zero-order valence-corrected chi connectivity index (χ0v) is 10.7. The molecule has 1 aromatic heterocycles. The third kappa shape index (κ3) is 3.01. The largest absolute Gasteiger partial charge is 0.496 e. The average molecular weight is 249 g/mol. The SMILES string of the molecule is COc1ccccc1[C@@H](C)NCc1csnn1. The van der Waals surface area contributed by atoms with E-state index >= 15 is 0 Å². The molecule has 0 aliphatic heterocycles. The van der Waals surface area contributed by atoms with Gasteiger partial charge in [-0.1, -0.05) is 22.7 Å². The van der Waals surface area contributed by atoms with E-state index in [1.54, 1.807) is 7.11 Å². The molecule has 5 heteroatoms. The molecule has 0 saturated carbocycles. The molecule has 0 aliphatic rings. The second-order valence-corrected chi connectivity index (χ2v) is 4.35. The fourth-order valence-corrected chi connectivity index (χ4v) is 2.10. The highest BCUT2D eigenvalue weighted by atomic mass is 32.1. The van der Waals surface area contributed by atoms with Crippen LogP contribution < -0.4 is 10.1 Å². The van der Waals surface area contributed by atoms with Gasteiger partial charge in [-0.05, 0) is 24.5 Å². The molecule has 0 amide bonds. The van der Waals surface area contributed by atoms with Crippen LogP contribution in [0.1, 0.15) is 24.2 Å². The Kier molecular flexibility index (Phi) is 4.06. The fraction of sp³-hybridized carbons (Fsp3) is 0.333. The summed E-state index contributed by atoms with van der Waals surface area (Å²) < 4.78 is 9.17. The minimum atomic E-state index is 0.216. The predicted molar refractivity (Wildman–Crippen MR) is 68.2 cm³/mol. The summed E-state index contributed by atoms with van der Waals surface area (Å²) in [5.41, 5.74) is 2.12. The summed E-state index contributed by atoms with van der Waals surface area (Å²) in [7, 11) is 1.69. The van der Waals surface area contributed by atoms with E-state index < -0.39 is 0 Å². The Bertz CT molecular complexity index is 459. The highest BCUT2D eigenvalue weighted by Crippen LogP contribution is 2.24. The van der Waals surface area contributed by atoms with Gasteiger partial charge in [0.2, 0.25) is 0 Å². The summed E-state index contributed by atoms with van der Waals surface area (Å²) in [6, 6.07) is 8.24. The molecule has 1 N–H and O–H groups in total. The number of aromatic nitrogens is 2. The van der Waals surface area contributed by atoms with E-state index in [-0.39, 0.29) is 6.04 Å². The minimum absolute atomic E-state index is 0.216. The first-order valence-electron chi connectivity index (χ1n) is 5.43. The summed E-state index contributed by atoms with van der Waals surface area (Å²) >= 11 is 1.37. The monoisotopic (exact) mass is 249 g/mol. The average Bonchev–Trinajstić information content (AvgIpc) is 2.89. The molecule has 0 radical (unpaired) electrons. The molecular formula is C12H15N3OS. The molecule has 17 heavy (non-hydrogen) atoms. The molecule has 2 rings (SSSR count). The van der Waals surface area contributed by atoms with Crippen molar-refractivity contribution in [3.8, 4) is 5.75 Å². The van der Waals surface area contributed by atoms with E-state index in [0.29, 0.717) is 0 Å². The lowest BCUT2D eigenvalue weighted by Crippen LogP contribution is -2.18. The van der Waals surface area contributed by atoms with Gasteiger partial charge in [-0.25, -0.2) is 0 Å². The molecule has 2 aromatic rings. The fourth-order valence-electron chi connectivity index (χ4n) is 1.65. The van der Waals surface area contributed by atoms with Crippen LogP contribution in [0.3, 0.4) is 0 Å². The molecule has 1 heterocycles. The Hall–Kier alpha value is -1.46. The number of hydrogen-bond acceptors (Lipinski definition) is 5. The topological polar surface area (TPSA) is 47.0 Å². The van der Waals surface area contributed by atoms with Crippen molar-refractivity contribution in [2.24, 2.45) is 0 Å². The molecule has 0 fully saturated rings. The lowest BCUT2D eigenvalue weighted by atomic mass is 10.1. The minimum Gasteiger partial charge on any atom is -0.496 e. The van der Waals surface area contributed by atoms with Gasteiger partial charge in [0, 0.05) is 23.5 Å². The van der Waals surface area contributed by atoms with Crippen LogP contribution in [0, 0.1) is 0 Å². The van der Waals surface area contributed by atoms with E-state index in [9.17, 15) is 0 Å². The van der Waals surface area contributed by atoms with Crippen LogP contribution in [0.15, 0.2) is 29.6 Å². The van der Waals surface area contributed by atoms with Crippen molar-refractivity contribution in [2.75, 3.05) is 7.11 Å². The van der Waals surface area contributed by atoms with E-state index in [0.717, 1.165) is 23.6 Å². The third-order valence-electron chi connectivity index (χ3n) is 2.60. The van der Waals surface area contributed by atoms with Crippen molar-refractivity contribution in [3.05, 3.63) is 40.9 Å². The summed E-state index contributed by atoms with van der Waals surface area (Å²) in [4.78, 5) is 0. The molecule has 4 nitrogen and oxygen atoms in total. The van der Waals surface area contributed by atoms with E-state index in [2.05, 4.69) is 27.9 Å². The van der Waals surface area contributed by atoms with Crippen LogP contribution in [0.5, 0.6) is 5.75 Å².